The second-order valence-electron chi connectivity index (χ2n) is 5.55. The Morgan fingerprint density at radius 3 is 3.10 bits per heavy atom. The SMILES string of the molecule is CC1CCCC1CNC(=O)c1ncccc1C#CCCO. The van der Waals surface area contributed by atoms with Crippen molar-refractivity contribution in [2.45, 2.75) is 32.6 Å². The molecule has 0 spiro atoms. The maximum Gasteiger partial charge on any atom is 0.271 e. The zero-order valence-corrected chi connectivity index (χ0v) is 12.4. The van der Waals surface area contributed by atoms with E-state index in [4.69, 9.17) is 5.11 Å². The summed E-state index contributed by atoms with van der Waals surface area (Å²) in [5, 5.41) is 11.7. The van der Waals surface area contributed by atoms with Crippen molar-refractivity contribution in [2.24, 2.45) is 11.8 Å². The van der Waals surface area contributed by atoms with Crippen LogP contribution in [0.2, 0.25) is 0 Å². The highest BCUT2D eigenvalue weighted by molar-refractivity contribution is 5.94. The van der Waals surface area contributed by atoms with Crippen LogP contribution in [0.4, 0.5) is 0 Å². The molecule has 1 aliphatic carbocycles. The minimum Gasteiger partial charge on any atom is -0.395 e. The number of hydrogen-bond acceptors (Lipinski definition) is 3. The summed E-state index contributed by atoms with van der Waals surface area (Å²) in [6.07, 6.45) is 5.69. The molecule has 1 aromatic heterocycles. The smallest absolute Gasteiger partial charge is 0.271 e. The summed E-state index contributed by atoms with van der Waals surface area (Å²) in [5.41, 5.74) is 0.983. The van der Waals surface area contributed by atoms with Gasteiger partial charge in [-0.2, -0.15) is 0 Å². The van der Waals surface area contributed by atoms with Gasteiger partial charge in [0.05, 0.1) is 12.2 Å². The van der Waals surface area contributed by atoms with Crippen molar-refractivity contribution in [3.8, 4) is 11.8 Å². The van der Waals surface area contributed by atoms with Crippen molar-refractivity contribution in [1.82, 2.24) is 10.3 Å². The summed E-state index contributed by atoms with van der Waals surface area (Å²) in [6.45, 7) is 2.98. The molecule has 2 N–H and O–H groups in total. The number of carbonyl (C=O) groups is 1. The van der Waals surface area contributed by atoms with Crippen molar-refractivity contribution in [2.75, 3.05) is 13.2 Å². The zero-order chi connectivity index (χ0) is 15.1. The van der Waals surface area contributed by atoms with E-state index in [1.54, 1.807) is 18.3 Å². The van der Waals surface area contributed by atoms with Gasteiger partial charge in [0.1, 0.15) is 5.69 Å². The van der Waals surface area contributed by atoms with E-state index in [0.29, 0.717) is 36.1 Å². The van der Waals surface area contributed by atoms with Crippen LogP contribution in [0.25, 0.3) is 0 Å². The summed E-state index contributed by atoms with van der Waals surface area (Å²) in [5.74, 6) is 6.81. The molecule has 2 rings (SSSR count). The van der Waals surface area contributed by atoms with Crippen LogP contribution >= 0.6 is 0 Å². The molecule has 1 saturated carbocycles. The van der Waals surface area contributed by atoms with Crippen LogP contribution in [0.5, 0.6) is 0 Å². The standard InChI is InChI=1S/C17H22N2O2/c1-13-6-4-8-15(13)12-19-17(21)16-14(7-2-3-11-20)9-5-10-18-16/h5,9-10,13,15,20H,3-4,6,8,11-12H2,1H3,(H,19,21). The predicted molar refractivity (Wildman–Crippen MR) is 81.7 cm³/mol. The van der Waals surface area contributed by atoms with Crippen LogP contribution < -0.4 is 5.32 Å². The Balaban J connectivity index is 2.00. The molecule has 1 aromatic rings. The molecule has 0 saturated heterocycles. The second-order valence-corrected chi connectivity index (χ2v) is 5.55. The molecule has 2 atom stereocenters. The summed E-state index contributed by atoms with van der Waals surface area (Å²) >= 11 is 0. The minimum atomic E-state index is -0.164. The number of rotatable bonds is 4. The zero-order valence-electron chi connectivity index (χ0n) is 12.4. The van der Waals surface area contributed by atoms with Crippen molar-refractivity contribution in [1.29, 1.82) is 0 Å². The molecule has 0 aliphatic heterocycles. The van der Waals surface area contributed by atoms with E-state index in [-0.39, 0.29) is 12.5 Å². The van der Waals surface area contributed by atoms with Crippen LogP contribution in [0.1, 0.15) is 48.7 Å². The number of hydrogen-bond donors (Lipinski definition) is 2. The fraction of sp³-hybridized carbons (Fsp3) is 0.529. The molecule has 2 unspecified atom stereocenters. The number of carbonyl (C=O) groups excluding carboxylic acids is 1. The third-order valence-electron chi connectivity index (χ3n) is 4.05. The number of aliphatic hydroxyl groups excluding tert-OH is 1. The number of nitrogens with zero attached hydrogens (tertiary/aromatic N) is 1. The average Bonchev–Trinajstić information content (AvgIpc) is 2.91. The molecule has 4 nitrogen and oxygen atoms in total. The quantitative estimate of drug-likeness (QED) is 0.832. The molecule has 1 heterocycles. The number of aromatic nitrogens is 1. The highest BCUT2D eigenvalue weighted by Crippen LogP contribution is 2.30. The van der Waals surface area contributed by atoms with Crippen LogP contribution in [-0.2, 0) is 0 Å². The van der Waals surface area contributed by atoms with Crippen molar-refractivity contribution >= 4 is 5.91 Å². The molecule has 1 amide bonds. The number of nitrogens with one attached hydrogen (secondary N) is 1. The van der Waals surface area contributed by atoms with Gasteiger partial charge in [-0.15, -0.1) is 0 Å². The predicted octanol–water partition coefficient (Wildman–Crippen LogP) is 1.98. The van der Waals surface area contributed by atoms with E-state index in [9.17, 15) is 4.79 Å². The topological polar surface area (TPSA) is 62.2 Å². The van der Waals surface area contributed by atoms with Crippen molar-refractivity contribution < 1.29 is 9.90 Å². The number of pyridine rings is 1. The average molecular weight is 286 g/mol. The van der Waals surface area contributed by atoms with Gasteiger partial charge >= 0.3 is 0 Å². The maximum absolute atomic E-state index is 12.3. The number of aliphatic hydroxyl groups is 1. The summed E-state index contributed by atoms with van der Waals surface area (Å²) in [4.78, 5) is 16.4. The third kappa shape index (κ3) is 4.30. The number of amides is 1. The van der Waals surface area contributed by atoms with Gasteiger partial charge in [0.2, 0.25) is 0 Å². The van der Waals surface area contributed by atoms with E-state index >= 15 is 0 Å². The van der Waals surface area contributed by atoms with Crippen molar-refractivity contribution in [3.05, 3.63) is 29.6 Å². The van der Waals surface area contributed by atoms with Gasteiger partial charge in [0.25, 0.3) is 5.91 Å². The van der Waals surface area contributed by atoms with Crippen LogP contribution in [-0.4, -0.2) is 29.1 Å². The fourth-order valence-electron chi connectivity index (χ4n) is 2.73. The van der Waals surface area contributed by atoms with Gasteiger partial charge in [-0.25, -0.2) is 4.98 Å². The summed E-state index contributed by atoms with van der Waals surface area (Å²) in [7, 11) is 0. The first kappa shape index (κ1) is 15.5. The van der Waals surface area contributed by atoms with E-state index < -0.39 is 0 Å². The van der Waals surface area contributed by atoms with Gasteiger partial charge in [-0.3, -0.25) is 4.79 Å². The molecule has 21 heavy (non-hydrogen) atoms. The van der Waals surface area contributed by atoms with E-state index in [2.05, 4.69) is 29.1 Å². The fourth-order valence-corrected chi connectivity index (χ4v) is 2.73. The summed E-state index contributed by atoms with van der Waals surface area (Å²) in [6, 6.07) is 3.54. The normalized spacial score (nSPS) is 20.7. The Labute approximate surface area is 126 Å². The lowest BCUT2D eigenvalue weighted by atomic mass is 9.98. The van der Waals surface area contributed by atoms with Crippen LogP contribution in [0.3, 0.4) is 0 Å². The van der Waals surface area contributed by atoms with E-state index in [0.717, 1.165) is 0 Å². The Morgan fingerprint density at radius 1 is 1.52 bits per heavy atom. The molecule has 112 valence electrons. The Morgan fingerprint density at radius 2 is 2.38 bits per heavy atom. The molecule has 0 aromatic carbocycles. The van der Waals surface area contributed by atoms with Crippen molar-refractivity contribution in [3.63, 3.8) is 0 Å². The monoisotopic (exact) mass is 286 g/mol. The Kier molecular flexibility index (Phi) is 5.77. The van der Waals surface area contributed by atoms with Crippen LogP contribution in [0, 0.1) is 23.7 Å². The van der Waals surface area contributed by atoms with Gasteiger partial charge in [0.15, 0.2) is 0 Å². The first-order valence-corrected chi connectivity index (χ1v) is 7.55. The first-order valence-electron chi connectivity index (χ1n) is 7.55. The summed E-state index contributed by atoms with van der Waals surface area (Å²) < 4.78 is 0. The van der Waals surface area contributed by atoms with Gasteiger partial charge in [-0.1, -0.05) is 31.6 Å². The lowest BCUT2D eigenvalue weighted by molar-refractivity contribution is 0.0939. The maximum atomic E-state index is 12.3. The van der Waals surface area contributed by atoms with E-state index in [1.807, 2.05) is 0 Å². The molecule has 1 aliphatic rings. The highest BCUT2D eigenvalue weighted by atomic mass is 16.2. The molecule has 1 fully saturated rings. The van der Waals surface area contributed by atoms with Crippen LogP contribution in [0.15, 0.2) is 18.3 Å². The second kappa shape index (κ2) is 7.80. The minimum absolute atomic E-state index is 0.0222. The largest absolute Gasteiger partial charge is 0.395 e. The molecule has 0 radical (unpaired) electrons. The lowest BCUT2D eigenvalue weighted by Gasteiger charge is -2.15. The molecular weight excluding hydrogens is 264 g/mol. The molecule has 0 bridgehead atoms. The third-order valence-corrected chi connectivity index (χ3v) is 4.05. The first-order chi connectivity index (χ1) is 10.2. The lowest BCUT2D eigenvalue weighted by Crippen LogP contribution is -2.31. The molecule has 4 heteroatoms. The van der Waals surface area contributed by atoms with Gasteiger partial charge in [-0.05, 0) is 30.4 Å². The molecular formula is C17H22N2O2. The Bertz CT molecular complexity index is 545. The Hall–Kier alpha value is -1.86. The van der Waals surface area contributed by atoms with Gasteiger partial charge in [0, 0.05) is 19.2 Å². The van der Waals surface area contributed by atoms with Gasteiger partial charge < -0.3 is 10.4 Å². The highest BCUT2D eigenvalue weighted by Gasteiger charge is 2.24. The van der Waals surface area contributed by atoms with E-state index in [1.165, 1.54) is 19.3 Å².